The molecule has 1 heterocycles. The fraction of sp³-hybridized carbons (Fsp3) is 0.909. The third kappa shape index (κ3) is 20.1. The number of nitrogens with one attached hydrogen (secondary N) is 1. The van der Waals surface area contributed by atoms with E-state index in [0.29, 0.717) is 0 Å². The van der Waals surface area contributed by atoms with Gasteiger partial charge in [-0.05, 0) is 38.2 Å². The van der Waals surface area contributed by atoms with E-state index >= 15 is 0 Å². The van der Waals surface area contributed by atoms with Crippen molar-refractivity contribution >= 4 is 5.71 Å². The first-order valence-electron chi connectivity index (χ1n) is 16.6. The Kier molecular flexibility index (Phi) is 23.5. The van der Waals surface area contributed by atoms with E-state index in [1.165, 1.54) is 172 Å². The third-order valence-electron chi connectivity index (χ3n) is 7.67. The van der Waals surface area contributed by atoms with Crippen molar-refractivity contribution < 1.29 is 0 Å². The van der Waals surface area contributed by atoms with Crippen molar-refractivity contribution in [3.63, 3.8) is 0 Å². The van der Waals surface area contributed by atoms with Gasteiger partial charge in [-0.15, -0.1) is 0 Å². The number of hydrazine groups is 1. The van der Waals surface area contributed by atoms with Crippen LogP contribution in [0.5, 0.6) is 0 Å². The molecular formula is C33H65N3. The Labute approximate surface area is 227 Å². The lowest BCUT2D eigenvalue weighted by atomic mass is 10.0. The van der Waals surface area contributed by atoms with E-state index in [0.717, 1.165) is 13.0 Å². The maximum atomic E-state index is 5.00. The first kappa shape index (κ1) is 33.0. The molecule has 0 aromatic carbocycles. The Morgan fingerprint density at radius 1 is 0.500 bits per heavy atom. The first-order valence-corrected chi connectivity index (χ1v) is 16.6. The standard InChI is InChI=1S/C33H65N3/c1-4-7-10-13-16-19-22-25-28-32-31-33(29-26-23-20-17-14-11-8-5-2)35-36(34-32)30-27-24-21-18-15-12-9-6-3/h31,34H,4-30H2,1-3H3. The molecule has 0 aliphatic carbocycles. The second-order valence-corrected chi connectivity index (χ2v) is 11.4. The minimum absolute atomic E-state index is 1.05. The summed E-state index contributed by atoms with van der Waals surface area (Å²) in [5, 5.41) is 7.18. The molecule has 0 fully saturated rings. The van der Waals surface area contributed by atoms with Crippen LogP contribution < -0.4 is 5.43 Å². The quantitative estimate of drug-likeness (QED) is 0.113. The summed E-state index contributed by atoms with van der Waals surface area (Å²) >= 11 is 0. The van der Waals surface area contributed by atoms with Gasteiger partial charge in [0.15, 0.2) is 0 Å². The van der Waals surface area contributed by atoms with Crippen LogP contribution in [0, 0.1) is 0 Å². The van der Waals surface area contributed by atoms with Gasteiger partial charge in [-0.25, -0.2) is 5.12 Å². The number of hydrazone groups is 1. The van der Waals surface area contributed by atoms with Crippen molar-refractivity contribution in [1.29, 1.82) is 0 Å². The molecule has 1 aliphatic rings. The van der Waals surface area contributed by atoms with Gasteiger partial charge in [0.2, 0.25) is 0 Å². The molecule has 0 spiro atoms. The van der Waals surface area contributed by atoms with Gasteiger partial charge in [-0.1, -0.05) is 156 Å². The number of allylic oxidation sites excluding steroid dienone is 2. The Hall–Kier alpha value is -0.990. The van der Waals surface area contributed by atoms with Crippen LogP contribution in [0.4, 0.5) is 0 Å². The van der Waals surface area contributed by atoms with Gasteiger partial charge in [0.05, 0.1) is 12.3 Å². The van der Waals surface area contributed by atoms with Crippen molar-refractivity contribution in [1.82, 2.24) is 10.5 Å². The van der Waals surface area contributed by atoms with Crippen LogP contribution in [0.1, 0.15) is 188 Å². The topological polar surface area (TPSA) is 27.6 Å². The van der Waals surface area contributed by atoms with Crippen molar-refractivity contribution in [2.24, 2.45) is 5.10 Å². The zero-order valence-corrected chi connectivity index (χ0v) is 25.1. The van der Waals surface area contributed by atoms with Gasteiger partial charge in [-0.3, -0.25) is 5.43 Å². The smallest absolute Gasteiger partial charge is 0.0643 e. The predicted octanol–water partition coefficient (Wildman–Crippen LogP) is 11.2. The van der Waals surface area contributed by atoms with E-state index in [-0.39, 0.29) is 0 Å². The molecule has 0 unspecified atom stereocenters. The number of rotatable bonds is 27. The number of nitrogens with zero attached hydrogens (tertiary/aromatic N) is 2. The van der Waals surface area contributed by atoms with Crippen LogP contribution in [0.2, 0.25) is 0 Å². The molecule has 0 aromatic heterocycles. The average molecular weight is 504 g/mol. The van der Waals surface area contributed by atoms with Crippen LogP contribution in [0.25, 0.3) is 0 Å². The second-order valence-electron chi connectivity index (χ2n) is 11.4. The molecule has 0 atom stereocenters. The van der Waals surface area contributed by atoms with Crippen LogP contribution >= 0.6 is 0 Å². The Morgan fingerprint density at radius 3 is 1.36 bits per heavy atom. The lowest BCUT2D eigenvalue weighted by Gasteiger charge is -2.28. The molecule has 3 nitrogen and oxygen atoms in total. The van der Waals surface area contributed by atoms with Crippen molar-refractivity contribution in [3.05, 3.63) is 11.8 Å². The average Bonchev–Trinajstić information content (AvgIpc) is 2.89. The molecular weight excluding hydrogens is 438 g/mol. The summed E-state index contributed by atoms with van der Waals surface area (Å²) in [4.78, 5) is 0. The number of hydrogen-bond acceptors (Lipinski definition) is 3. The normalized spacial score (nSPS) is 13.6. The fourth-order valence-corrected chi connectivity index (χ4v) is 5.25. The lowest BCUT2D eigenvalue weighted by molar-refractivity contribution is 0.208. The van der Waals surface area contributed by atoms with Gasteiger partial charge in [0, 0.05) is 5.70 Å². The van der Waals surface area contributed by atoms with Gasteiger partial charge in [-0.2, -0.15) is 5.10 Å². The van der Waals surface area contributed by atoms with E-state index in [2.05, 4.69) is 37.4 Å². The van der Waals surface area contributed by atoms with Crippen LogP contribution in [0.15, 0.2) is 16.9 Å². The molecule has 0 bridgehead atoms. The highest BCUT2D eigenvalue weighted by Gasteiger charge is 2.12. The largest absolute Gasteiger partial charge is 0.287 e. The molecule has 36 heavy (non-hydrogen) atoms. The zero-order chi connectivity index (χ0) is 25.9. The summed E-state index contributed by atoms with van der Waals surface area (Å²) in [5.74, 6) is 0. The van der Waals surface area contributed by atoms with Crippen molar-refractivity contribution in [3.8, 4) is 0 Å². The number of unbranched alkanes of at least 4 members (excludes halogenated alkanes) is 21. The van der Waals surface area contributed by atoms with Gasteiger partial charge in [0.1, 0.15) is 0 Å². The third-order valence-corrected chi connectivity index (χ3v) is 7.67. The van der Waals surface area contributed by atoms with E-state index < -0.39 is 0 Å². The maximum absolute atomic E-state index is 5.00. The number of hydrogen-bond donors (Lipinski definition) is 1. The fourth-order valence-electron chi connectivity index (χ4n) is 5.25. The highest BCUT2D eigenvalue weighted by atomic mass is 15.7. The summed E-state index contributed by atoms with van der Waals surface area (Å²) in [6.45, 7) is 7.94. The van der Waals surface area contributed by atoms with Gasteiger partial charge < -0.3 is 0 Å². The molecule has 1 aliphatic heterocycles. The summed E-state index contributed by atoms with van der Waals surface area (Å²) in [6.07, 6.45) is 37.8. The molecule has 0 saturated heterocycles. The highest BCUT2D eigenvalue weighted by molar-refractivity contribution is 5.95. The minimum Gasteiger partial charge on any atom is -0.287 e. The van der Waals surface area contributed by atoms with E-state index in [4.69, 9.17) is 5.10 Å². The van der Waals surface area contributed by atoms with E-state index in [9.17, 15) is 0 Å². The SMILES string of the molecule is CCCCCCCCCCC1=CC(CCCCCCCCCC)=NN(CCCCCCCCCC)N1. The Balaban J connectivity index is 2.33. The van der Waals surface area contributed by atoms with Crippen molar-refractivity contribution in [2.75, 3.05) is 6.54 Å². The Morgan fingerprint density at radius 2 is 0.889 bits per heavy atom. The monoisotopic (exact) mass is 504 g/mol. The molecule has 212 valence electrons. The molecule has 1 rings (SSSR count). The van der Waals surface area contributed by atoms with Gasteiger partial charge >= 0.3 is 0 Å². The van der Waals surface area contributed by atoms with Gasteiger partial charge in [0.25, 0.3) is 0 Å². The molecule has 0 radical (unpaired) electrons. The second kappa shape index (κ2) is 25.7. The lowest BCUT2D eigenvalue weighted by Crippen LogP contribution is -2.37. The Bertz CT molecular complexity index is 525. The summed E-state index contributed by atoms with van der Waals surface area (Å²) < 4.78 is 0. The molecule has 0 amide bonds. The summed E-state index contributed by atoms with van der Waals surface area (Å²) in [7, 11) is 0. The van der Waals surface area contributed by atoms with Crippen LogP contribution in [0.3, 0.4) is 0 Å². The predicted molar refractivity (Wildman–Crippen MR) is 162 cm³/mol. The molecule has 0 saturated carbocycles. The molecule has 1 N–H and O–H groups in total. The zero-order valence-electron chi connectivity index (χ0n) is 25.1. The van der Waals surface area contributed by atoms with Crippen molar-refractivity contribution in [2.45, 2.75) is 188 Å². The van der Waals surface area contributed by atoms with Crippen LogP contribution in [-0.4, -0.2) is 17.4 Å². The molecule has 0 aromatic rings. The van der Waals surface area contributed by atoms with Crippen LogP contribution in [-0.2, 0) is 0 Å². The molecule has 3 heteroatoms. The maximum Gasteiger partial charge on any atom is 0.0643 e. The minimum atomic E-state index is 1.05. The first-order chi connectivity index (χ1) is 17.8. The van der Waals surface area contributed by atoms with E-state index in [1.807, 2.05) is 0 Å². The highest BCUT2D eigenvalue weighted by Crippen LogP contribution is 2.17. The van der Waals surface area contributed by atoms with E-state index in [1.54, 1.807) is 0 Å². The summed E-state index contributed by atoms with van der Waals surface area (Å²) in [5.41, 5.74) is 6.38. The summed E-state index contributed by atoms with van der Waals surface area (Å²) in [6, 6.07) is 0.